The number of nitrogens with zero attached hydrogens (tertiary/aromatic N) is 1. The second-order valence-corrected chi connectivity index (χ2v) is 3.53. The molecule has 16 heavy (non-hydrogen) atoms. The van der Waals surface area contributed by atoms with Gasteiger partial charge < -0.3 is 9.84 Å². The Balaban J connectivity index is 4.60. The Morgan fingerprint density at radius 2 is 1.94 bits per heavy atom. The highest BCUT2D eigenvalue weighted by atomic mass is 16.5. The minimum Gasteiger partial charge on any atom is -0.486 e. The summed E-state index contributed by atoms with van der Waals surface area (Å²) in [4.78, 5) is 10.9. The van der Waals surface area contributed by atoms with E-state index < -0.39 is 5.97 Å². The topological polar surface area (TPSA) is 70.3 Å². The van der Waals surface area contributed by atoms with Gasteiger partial charge in [-0.15, -0.1) is 0 Å². The summed E-state index contributed by atoms with van der Waals surface area (Å²) in [5.41, 5.74) is 0.241. The molecule has 90 valence electrons. The second-order valence-electron chi connectivity index (χ2n) is 3.53. The summed E-state index contributed by atoms with van der Waals surface area (Å²) in [5, 5.41) is 17.8. The first kappa shape index (κ1) is 14.5. The average molecular weight is 225 g/mol. The van der Waals surface area contributed by atoms with Crippen LogP contribution in [0.5, 0.6) is 0 Å². The number of nitriles is 1. The molecule has 1 N–H and O–H groups in total. The molecule has 0 bridgehead atoms. The standard InChI is InChI=1S/C12H19NO3/c1-3-5-7-10(9-13)11(12(14)15)16-8-6-4-2/h3-8H2,1-2H3,(H,14,15)/b11-10-. The molecule has 0 aliphatic carbocycles. The Morgan fingerprint density at radius 3 is 2.38 bits per heavy atom. The molecule has 0 aromatic rings. The van der Waals surface area contributed by atoms with E-state index in [1.165, 1.54) is 0 Å². The zero-order valence-electron chi connectivity index (χ0n) is 9.95. The van der Waals surface area contributed by atoms with Gasteiger partial charge in [-0.05, 0) is 19.3 Å². The van der Waals surface area contributed by atoms with Gasteiger partial charge in [0.25, 0.3) is 0 Å². The van der Waals surface area contributed by atoms with E-state index in [1.807, 2.05) is 19.9 Å². The fourth-order valence-corrected chi connectivity index (χ4v) is 1.17. The van der Waals surface area contributed by atoms with Gasteiger partial charge in [0.15, 0.2) is 0 Å². The minimum atomic E-state index is -1.15. The maximum Gasteiger partial charge on any atom is 0.372 e. The first-order valence-electron chi connectivity index (χ1n) is 5.66. The van der Waals surface area contributed by atoms with Crippen molar-refractivity contribution in [2.24, 2.45) is 0 Å². The quantitative estimate of drug-likeness (QED) is 0.298. The van der Waals surface area contributed by atoms with Crippen molar-refractivity contribution in [1.82, 2.24) is 0 Å². The van der Waals surface area contributed by atoms with Gasteiger partial charge in [-0.1, -0.05) is 26.7 Å². The molecule has 0 spiro atoms. The second kappa shape index (κ2) is 8.78. The Kier molecular flexibility index (Phi) is 7.96. The number of ether oxygens (including phenoxy) is 1. The third kappa shape index (κ3) is 5.40. The van der Waals surface area contributed by atoms with Crippen molar-refractivity contribution in [3.05, 3.63) is 11.3 Å². The van der Waals surface area contributed by atoms with Crippen LogP contribution in [-0.4, -0.2) is 17.7 Å². The maximum atomic E-state index is 10.9. The molecule has 0 radical (unpaired) electrons. The molecule has 0 rings (SSSR count). The molecule has 0 saturated heterocycles. The highest BCUT2D eigenvalue weighted by Crippen LogP contribution is 2.14. The van der Waals surface area contributed by atoms with Crippen molar-refractivity contribution in [3.8, 4) is 6.07 Å². The molecular formula is C12H19NO3. The fourth-order valence-electron chi connectivity index (χ4n) is 1.17. The molecule has 0 saturated carbocycles. The van der Waals surface area contributed by atoms with Crippen molar-refractivity contribution in [1.29, 1.82) is 5.26 Å². The van der Waals surface area contributed by atoms with Crippen LogP contribution in [-0.2, 0) is 9.53 Å². The molecule has 0 fully saturated rings. The van der Waals surface area contributed by atoms with E-state index in [0.29, 0.717) is 13.0 Å². The van der Waals surface area contributed by atoms with Gasteiger partial charge in [-0.3, -0.25) is 0 Å². The molecule has 0 amide bonds. The number of allylic oxidation sites excluding steroid dienone is 1. The molecule has 0 heterocycles. The zero-order valence-corrected chi connectivity index (χ0v) is 9.95. The van der Waals surface area contributed by atoms with Crippen LogP contribution >= 0.6 is 0 Å². The summed E-state index contributed by atoms with van der Waals surface area (Å²) in [6.45, 7) is 4.35. The Hall–Kier alpha value is -1.50. The normalized spacial score (nSPS) is 11.6. The summed E-state index contributed by atoms with van der Waals surface area (Å²) in [6.07, 6.45) is 3.93. The molecule has 0 aromatic heterocycles. The fraction of sp³-hybridized carbons (Fsp3) is 0.667. The van der Waals surface area contributed by atoms with E-state index >= 15 is 0 Å². The Morgan fingerprint density at radius 1 is 1.31 bits per heavy atom. The summed E-state index contributed by atoms with van der Waals surface area (Å²) in [6, 6.07) is 1.92. The summed E-state index contributed by atoms with van der Waals surface area (Å²) in [7, 11) is 0. The third-order valence-corrected chi connectivity index (χ3v) is 2.13. The first-order valence-corrected chi connectivity index (χ1v) is 5.66. The van der Waals surface area contributed by atoms with Gasteiger partial charge >= 0.3 is 5.97 Å². The molecule has 0 unspecified atom stereocenters. The molecule has 0 aliphatic rings. The molecule has 0 aliphatic heterocycles. The van der Waals surface area contributed by atoms with Crippen molar-refractivity contribution in [2.45, 2.75) is 46.0 Å². The van der Waals surface area contributed by atoms with E-state index in [0.717, 1.165) is 25.7 Å². The van der Waals surface area contributed by atoms with Crippen LogP contribution in [0.3, 0.4) is 0 Å². The van der Waals surface area contributed by atoms with Crippen LogP contribution in [0.15, 0.2) is 11.3 Å². The number of carbonyl (C=O) groups is 1. The number of hydrogen-bond acceptors (Lipinski definition) is 3. The predicted octanol–water partition coefficient (Wildman–Crippen LogP) is 2.86. The number of aliphatic carboxylic acids is 1. The van der Waals surface area contributed by atoms with Crippen LogP contribution < -0.4 is 0 Å². The number of hydrogen-bond donors (Lipinski definition) is 1. The summed E-state index contributed by atoms with van der Waals surface area (Å²) in [5.74, 6) is -1.33. The SMILES string of the molecule is CCCCO/C(C(=O)O)=C(\C#N)CCCC. The van der Waals surface area contributed by atoms with Crippen LogP contribution in [0.2, 0.25) is 0 Å². The maximum absolute atomic E-state index is 10.9. The Bertz CT molecular complexity index is 289. The highest BCUT2D eigenvalue weighted by molar-refractivity contribution is 5.86. The lowest BCUT2D eigenvalue weighted by Crippen LogP contribution is -2.09. The third-order valence-electron chi connectivity index (χ3n) is 2.13. The molecular weight excluding hydrogens is 206 g/mol. The van der Waals surface area contributed by atoms with Crippen LogP contribution in [0.4, 0.5) is 0 Å². The lowest BCUT2D eigenvalue weighted by Gasteiger charge is -2.08. The summed E-state index contributed by atoms with van der Waals surface area (Å²) < 4.78 is 5.15. The van der Waals surface area contributed by atoms with Gasteiger partial charge in [0.1, 0.15) is 0 Å². The summed E-state index contributed by atoms with van der Waals surface area (Å²) >= 11 is 0. The van der Waals surface area contributed by atoms with Gasteiger partial charge in [0.05, 0.1) is 18.2 Å². The van der Waals surface area contributed by atoms with E-state index in [9.17, 15) is 4.79 Å². The monoisotopic (exact) mass is 225 g/mol. The first-order chi connectivity index (χ1) is 7.67. The highest BCUT2D eigenvalue weighted by Gasteiger charge is 2.15. The smallest absolute Gasteiger partial charge is 0.372 e. The van der Waals surface area contributed by atoms with Crippen molar-refractivity contribution >= 4 is 5.97 Å². The average Bonchev–Trinajstić information content (AvgIpc) is 2.27. The van der Waals surface area contributed by atoms with Gasteiger partial charge in [0, 0.05) is 0 Å². The van der Waals surface area contributed by atoms with Crippen LogP contribution in [0.25, 0.3) is 0 Å². The van der Waals surface area contributed by atoms with Crippen molar-refractivity contribution in [3.63, 3.8) is 0 Å². The van der Waals surface area contributed by atoms with E-state index in [4.69, 9.17) is 15.1 Å². The molecule has 0 atom stereocenters. The number of unbranched alkanes of at least 4 members (excludes halogenated alkanes) is 2. The largest absolute Gasteiger partial charge is 0.486 e. The van der Waals surface area contributed by atoms with Crippen LogP contribution in [0.1, 0.15) is 46.0 Å². The van der Waals surface area contributed by atoms with Crippen LogP contribution in [0, 0.1) is 11.3 Å². The van der Waals surface area contributed by atoms with E-state index in [-0.39, 0.29) is 11.3 Å². The van der Waals surface area contributed by atoms with E-state index in [2.05, 4.69) is 0 Å². The number of carboxylic acids is 1. The molecule has 4 nitrogen and oxygen atoms in total. The van der Waals surface area contributed by atoms with E-state index in [1.54, 1.807) is 0 Å². The van der Waals surface area contributed by atoms with Crippen molar-refractivity contribution in [2.75, 3.05) is 6.61 Å². The lowest BCUT2D eigenvalue weighted by atomic mass is 10.1. The van der Waals surface area contributed by atoms with Gasteiger partial charge in [0.2, 0.25) is 5.76 Å². The zero-order chi connectivity index (χ0) is 12.4. The molecule has 0 aromatic carbocycles. The predicted molar refractivity (Wildman–Crippen MR) is 60.7 cm³/mol. The Labute approximate surface area is 96.5 Å². The number of carboxylic acid groups (broad SMARTS) is 1. The van der Waals surface area contributed by atoms with Gasteiger partial charge in [-0.25, -0.2) is 4.79 Å². The van der Waals surface area contributed by atoms with Crippen molar-refractivity contribution < 1.29 is 14.6 Å². The lowest BCUT2D eigenvalue weighted by molar-refractivity contribution is -0.136. The minimum absolute atomic E-state index is 0.176. The molecule has 4 heteroatoms. The number of rotatable bonds is 8. The van der Waals surface area contributed by atoms with Gasteiger partial charge in [-0.2, -0.15) is 5.26 Å².